The molecule has 5 nitrogen and oxygen atoms in total. The van der Waals surface area contributed by atoms with Crippen LogP contribution < -0.4 is 9.47 Å². The average molecular weight is 279 g/mol. The van der Waals surface area contributed by atoms with Gasteiger partial charge in [-0.05, 0) is 30.5 Å². The molecule has 0 bridgehead atoms. The van der Waals surface area contributed by atoms with Gasteiger partial charge in [0, 0.05) is 19.6 Å². The normalized spacial score (nSPS) is 23.8. The van der Waals surface area contributed by atoms with Crippen molar-refractivity contribution in [2.24, 2.45) is 0 Å². The summed E-state index contributed by atoms with van der Waals surface area (Å²) in [5.74, 6) is 1.46. The lowest BCUT2D eigenvalue weighted by atomic mass is 10.1. The summed E-state index contributed by atoms with van der Waals surface area (Å²) in [6.45, 7) is 3.56. The average Bonchev–Trinajstić information content (AvgIpc) is 2.90. The number of β-amino-alcohol motifs (C(OH)–C–C–N with tert-alkyl or cyclic N) is 1. The largest absolute Gasteiger partial charge is 0.486 e. The fraction of sp³-hybridized carbons (Fsp3) is 0.600. The highest BCUT2D eigenvalue weighted by Crippen LogP contribution is 2.33. The van der Waals surface area contributed by atoms with E-state index in [2.05, 4.69) is 4.90 Å². The summed E-state index contributed by atoms with van der Waals surface area (Å²) >= 11 is 0. The van der Waals surface area contributed by atoms with Gasteiger partial charge in [0.05, 0.1) is 12.2 Å². The van der Waals surface area contributed by atoms with E-state index >= 15 is 0 Å². The molecule has 0 spiro atoms. The quantitative estimate of drug-likeness (QED) is 0.859. The molecule has 0 saturated carbocycles. The Morgan fingerprint density at radius 3 is 2.80 bits per heavy atom. The number of likely N-dealkylation sites (tertiary alicyclic amines) is 1. The van der Waals surface area contributed by atoms with Crippen molar-refractivity contribution in [1.29, 1.82) is 0 Å². The third kappa shape index (κ3) is 3.06. The zero-order valence-electron chi connectivity index (χ0n) is 11.5. The molecule has 0 aromatic heterocycles. The summed E-state index contributed by atoms with van der Waals surface area (Å²) in [6, 6.07) is 5.60. The Labute approximate surface area is 118 Å². The number of hydrogen-bond donors (Lipinski definition) is 2. The minimum atomic E-state index is -0.511. The third-order valence-corrected chi connectivity index (χ3v) is 3.92. The monoisotopic (exact) mass is 279 g/mol. The van der Waals surface area contributed by atoms with Crippen molar-refractivity contribution in [3.8, 4) is 11.5 Å². The van der Waals surface area contributed by atoms with Crippen molar-refractivity contribution in [2.45, 2.75) is 25.0 Å². The minimum Gasteiger partial charge on any atom is -0.486 e. The van der Waals surface area contributed by atoms with E-state index in [1.807, 2.05) is 18.2 Å². The Kier molecular flexibility index (Phi) is 4.10. The molecule has 0 aliphatic carbocycles. The molecule has 1 fully saturated rings. The predicted molar refractivity (Wildman–Crippen MR) is 74.1 cm³/mol. The topological polar surface area (TPSA) is 62.2 Å². The molecule has 0 unspecified atom stereocenters. The number of aliphatic hydroxyl groups excluding tert-OH is 2. The van der Waals surface area contributed by atoms with E-state index in [0.717, 1.165) is 30.8 Å². The molecule has 2 aliphatic rings. The summed E-state index contributed by atoms with van der Waals surface area (Å²) in [5, 5.41) is 19.7. The van der Waals surface area contributed by atoms with Crippen LogP contribution in [0.2, 0.25) is 0 Å². The van der Waals surface area contributed by atoms with Crippen LogP contribution in [0.5, 0.6) is 11.5 Å². The van der Waals surface area contributed by atoms with Gasteiger partial charge in [-0.15, -0.1) is 0 Å². The second-order valence-corrected chi connectivity index (χ2v) is 5.45. The number of nitrogens with zero attached hydrogens (tertiary/aromatic N) is 1. The molecule has 1 saturated heterocycles. The van der Waals surface area contributed by atoms with Crippen LogP contribution in [0.25, 0.3) is 0 Å². The zero-order valence-corrected chi connectivity index (χ0v) is 11.5. The van der Waals surface area contributed by atoms with Gasteiger partial charge < -0.3 is 24.6 Å². The lowest BCUT2D eigenvalue weighted by Crippen LogP contribution is -2.24. The predicted octanol–water partition coefficient (Wildman–Crippen LogP) is 0.948. The number of benzene rings is 1. The van der Waals surface area contributed by atoms with Crippen LogP contribution in [0.4, 0.5) is 0 Å². The highest BCUT2D eigenvalue weighted by atomic mass is 16.6. The van der Waals surface area contributed by atoms with Gasteiger partial charge in [0.1, 0.15) is 13.2 Å². The van der Waals surface area contributed by atoms with E-state index in [-0.39, 0.29) is 6.10 Å². The van der Waals surface area contributed by atoms with Gasteiger partial charge in [-0.25, -0.2) is 0 Å². The van der Waals surface area contributed by atoms with Crippen LogP contribution in [0.15, 0.2) is 18.2 Å². The zero-order chi connectivity index (χ0) is 13.9. The van der Waals surface area contributed by atoms with Gasteiger partial charge in [-0.2, -0.15) is 0 Å². The lowest BCUT2D eigenvalue weighted by Gasteiger charge is -2.21. The van der Waals surface area contributed by atoms with Gasteiger partial charge in [-0.3, -0.25) is 0 Å². The van der Waals surface area contributed by atoms with Crippen molar-refractivity contribution < 1.29 is 19.7 Å². The van der Waals surface area contributed by atoms with Crippen LogP contribution in [0, 0.1) is 0 Å². The summed E-state index contributed by atoms with van der Waals surface area (Å²) in [7, 11) is 0. The fourth-order valence-electron chi connectivity index (χ4n) is 2.75. The first-order valence-electron chi connectivity index (χ1n) is 7.20. The Bertz CT molecular complexity index is 465. The van der Waals surface area contributed by atoms with Gasteiger partial charge in [0.25, 0.3) is 0 Å². The SMILES string of the molecule is O[C@@H]1CCN(CC[C@H](O)c2ccc3c(c2)OCCO3)C1. The molecule has 0 radical (unpaired) electrons. The molecule has 5 heteroatoms. The molecule has 0 amide bonds. The van der Waals surface area contributed by atoms with Crippen molar-refractivity contribution in [2.75, 3.05) is 32.8 Å². The summed E-state index contributed by atoms with van der Waals surface area (Å²) < 4.78 is 11.0. The molecular formula is C15H21NO4. The molecule has 110 valence electrons. The first-order chi connectivity index (χ1) is 9.72. The smallest absolute Gasteiger partial charge is 0.161 e. The van der Waals surface area contributed by atoms with Crippen molar-refractivity contribution in [3.63, 3.8) is 0 Å². The Balaban J connectivity index is 1.58. The van der Waals surface area contributed by atoms with Crippen LogP contribution >= 0.6 is 0 Å². The number of rotatable bonds is 4. The second-order valence-electron chi connectivity index (χ2n) is 5.45. The fourth-order valence-corrected chi connectivity index (χ4v) is 2.75. The molecule has 3 rings (SSSR count). The molecule has 2 N–H and O–H groups in total. The van der Waals surface area contributed by atoms with Crippen molar-refractivity contribution in [1.82, 2.24) is 4.90 Å². The van der Waals surface area contributed by atoms with E-state index in [9.17, 15) is 10.2 Å². The highest BCUT2D eigenvalue weighted by Gasteiger charge is 2.21. The summed E-state index contributed by atoms with van der Waals surface area (Å²) in [6.07, 6.45) is 0.775. The third-order valence-electron chi connectivity index (χ3n) is 3.92. The van der Waals surface area contributed by atoms with E-state index in [0.29, 0.717) is 31.9 Å². The van der Waals surface area contributed by atoms with Crippen molar-refractivity contribution in [3.05, 3.63) is 23.8 Å². The molecule has 2 atom stereocenters. The number of ether oxygens (including phenoxy) is 2. The number of fused-ring (bicyclic) bond motifs is 1. The van der Waals surface area contributed by atoms with Crippen LogP contribution in [0.1, 0.15) is 24.5 Å². The number of aliphatic hydroxyl groups is 2. The maximum Gasteiger partial charge on any atom is 0.161 e. The Hall–Kier alpha value is -1.30. The summed E-state index contributed by atoms with van der Waals surface area (Å²) in [5.41, 5.74) is 0.856. The first kappa shape index (κ1) is 13.7. The molecule has 1 aromatic rings. The first-order valence-corrected chi connectivity index (χ1v) is 7.20. The lowest BCUT2D eigenvalue weighted by molar-refractivity contribution is 0.136. The van der Waals surface area contributed by atoms with E-state index in [1.165, 1.54) is 0 Å². The summed E-state index contributed by atoms with van der Waals surface area (Å²) in [4.78, 5) is 2.19. The highest BCUT2D eigenvalue weighted by molar-refractivity contribution is 5.44. The number of hydrogen-bond acceptors (Lipinski definition) is 5. The Morgan fingerprint density at radius 2 is 2.05 bits per heavy atom. The maximum atomic E-state index is 10.3. The van der Waals surface area contributed by atoms with Crippen LogP contribution in [-0.4, -0.2) is 54.1 Å². The second kappa shape index (κ2) is 5.99. The van der Waals surface area contributed by atoms with Gasteiger partial charge >= 0.3 is 0 Å². The molecule has 2 heterocycles. The van der Waals surface area contributed by atoms with E-state index in [4.69, 9.17) is 9.47 Å². The van der Waals surface area contributed by atoms with Crippen LogP contribution in [0.3, 0.4) is 0 Å². The minimum absolute atomic E-state index is 0.207. The van der Waals surface area contributed by atoms with Gasteiger partial charge in [0.2, 0.25) is 0 Å². The molecule has 2 aliphatic heterocycles. The van der Waals surface area contributed by atoms with Crippen molar-refractivity contribution >= 4 is 0 Å². The molecular weight excluding hydrogens is 258 g/mol. The maximum absolute atomic E-state index is 10.3. The van der Waals surface area contributed by atoms with Gasteiger partial charge in [0.15, 0.2) is 11.5 Å². The van der Waals surface area contributed by atoms with E-state index in [1.54, 1.807) is 0 Å². The molecule has 20 heavy (non-hydrogen) atoms. The van der Waals surface area contributed by atoms with Gasteiger partial charge in [-0.1, -0.05) is 6.07 Å². The standard InChI is InChI=1S/C15H21NO4/c17-12-3-5-16(10-12)6-4-13(18)11-1-2-14-15(9-11)20-8-7-19-14/h1-2,9,12-13,17-18H,3-8,10H2/t12-,13+/m1/s1. The Morgan fingerprint density at radius 1 is 1.25 bits per heavy atom. The van der Waals surface area contributed by atoms with Crippen LogP contribution in [-0.2, 0) is 0 Å². The molecule has 1 aromatic carbocycles. The van der Waals surface area contributed by atoms with E-state index < -0.39 is 6.10 Å².